The first-order chi connectivity index (χ1) is 13.0. The summed E-state index contributed by atoms with van der Waals surface area (Å²) in [7, 11) is 0. The Balaban J connectivity index is 1.79. The van der Waals surface area contributed by atoms with E-state index in [4.69, 9.17) is 4.52 Å². The molecule has 2 N–H and O–H groups in total. The molecule has 0 bridgehead atoms. The van der Waals surface area contributed by atoms with Crippen molar-refractivity contribution < 1.29 is 14.1 Å². The summed E-state index contributed by atoms with van der Waals surface area (Å²) >= 11 is 0. The van der Waals surface area contributed by atoms with E-state index in [0.29, 0.717) is 28.3 Å². The zero-order valence-electron chi connectivity index (χ0n) is 15.4. The topological polar surface area (TPSA) is 84.2 Å². The molecule has 1 aromatic heterocycles. The van der Waals surface area contributed by atoms with Crippen LogP contribution in [0.2, 0.25) is 0 Å². The number of anilines is 1. The molecule has 0 spiro atoms. The molecular formula is C21H21N3O3. The summed E-state index contributed by atoms with van der Waals surface area (Å²) in [6.45, 7) is 5.29. The fraction of sp³-hybridized carbons (Fsp3) is 0.190. The number of nitrogens with zero attached hydrogens (tertiary/aromatic N) is 1. The first-order valence-electron chi connectivity index (χ1n) is 8.66. The maximum Gasteiger partial charge on any atom is 0.261 e. The van der Waals surface area contributed by atoms with Crippen molar-refractivity contribution in [2.45, 2.75) is 26.8 Å². The van der Waals surface area contributed by atoms with Gasteiger partial charge in [-0.05, 0) is 38.5 Å². The van der Waals surface area contributed by atoms with Gasteiger partial charge in [-0.25, -0.2) is 0 Å². The Morgan fingerprint density at radius 1 is 0.963 bits per heavy atom. The number of amides is 2. The highest BCUT2D eigenvalue weighted by Gasteiger charge is 2.20. The van der Waals surface area contributed by atoms with E-state index in [1.54, 1.807) is 38.1 Å². The van der Waals surface area contributed by atoms with E-state index < -0.39 is 0 Å². The summed E-state index contributed by atoms with van der Waals surface area (Å²) in [5, 5.41) is 9.55. The molecule has 0 aliphatic carbocycles. The third-order valence-electron chi connectivity index (χ3n) is 4.33. The molecule has 0 saturated heterocycles. The van der Waals surface area contributed by atoms with Gasteiger partial charge in [0.05, 0.1) is 23.0 Å². The van der Waals surface area contributed by atoms with Crippen LogP contribution >= 0.6 is 0 Å². The predicted octanol–water partition coefficient (Wildman–Crippen LogP) is 4.03. The Kier molecular flexibility index (Phi) is 5.35. The van der Waals surface area contributed by atoms with Crippen LogP contribution in [0.3, 0.4) is 0 Å². The highest BCUT2D eigenvalue weighted by molar-refractivity contribution is 6.09. The van der Waals surface area contributed by atoms with Crippen LogP contribution in [-0.4, -0.2) is 17.0 Å². The lowest BCUT2D eigenvalue weighted by atomic mass is 10.1. The van der Waals surface area contributed by atoms with Gasteiger partial charge >= 0.3 is 0 Å². The Labute approximate surface area is 157 Å². The second-order valence-electron chi connectivity index (χ2n) is 6.30. The lowest BCUT2D eigenvalue weighted by Gasteiger charge is -2.16. The normalized spacial score (nSPS) is 11.7. The summed E-state index contributed by atoms with van der Waals surface area (Å²) in [4.78, 5) is 25.4. The summed E-state index contributed by atoms with van der Waals surface area (Å²) in [5.41, 5.74) is 2.70. The number of hydrogen-bond acceptors (Lipinski definition) is 4. The molecule has 1 atom stereocenters. The van der Waals surface area contributed by atoms with Crippen LogP contribution < -0.4 is 10.6 Å². The van der Waals surface area contributed by atoms with Gasteiger partial charge < -0.3 is 15.2 Å². The molecule has 6 heteroatoms. The van der Waals surface area contributed by atoms with Crippen LogP contribution in [0.5, 0.6) is 0 Å². The van der Waals surface area contributed by atoms with Gasteiger partial charge in [0.2, 0.25) is 0 Å². The van der Waals surface area contributed by atoms with Crippen molar-refractivity contribution >= 4 is 17.5 Å². The quantitative estimate of drug-likeness (QED) is 0.717. The van der Waals surface area contributed by atoms with E-state index in [2.05, 4.69) is 15.8 Å². The van der Waals surface area contributed by atoms with E-state index in [9.17, 15) is 9.59 Å². The molecule has 1 unspecified atom stereocenters. The summed E-state index contributed by atoms with van der Waals surface area (Å²) in [5.74, 6) is -0.187. The van der Waals surface area contributed by atoms with Crippen molar-refractivity contribution in [1.82, 2.24) is 10.5 Å². The molecule has 0 aliphatic heterocycles. The minimum atomic E-state index is -0.359. The molecule has 0 aliphatic rings. The molecular weight excluding hydrogens is 342 g/mol. The molecule has 0 radical (unpaired) electrons. The smallest absolute Gasteiger partial charge is 0.261 e. The minimum Gasteiger partial charge on any atom is -0.361 e. The molecule has 27 heavy (non-hydrogen) atoms. The third kappa shape index (κ3) is 4.06. The van der Waals surface area contributed by atoms with Gasteiger partial charge in [-0.2, -0.15) is 0 Å². The molecule has 0 saturated carbocycles. The lowest BCUT2D eigenvalue weighted by Crippen LogP contribution is -2.28. The fourth-order valence-corrected chi connectivity index (χ4v) is 2.88. The van der Waals surface area contributed by atoms with Gasteiger partial charge in [0.15, 0.2) is 0 Å². The fourth-order valence-electron chi connectivity index (χ4n) is 2.88. The second kappa shape index (κ2) is 7.86. The Morgan fingerprint density at radius 2 is 1.63 bits per heavy atom. The number of carbonyl (C=O) groups excluding carboxylic acids is 2. The summed E-state index contributed by atoms with van der Waals surface area (Å²) in [6, 6.07) is 16.4. The number of hydrogen-bond donors (Lipinski definition) is 2. The molecule has 3 aromatic rings. The lowest BCUT2D eigenvalue weighted by molar-refractivity contribution is 0.0941. The Hall–Kier alpha value is -3.41. The van der Waals surface area contributed by atoms with Crippen molar-refractivity contribution in [1.29, 1.82) is 0 Å². The highest BCUT2D eigenvalue weighted by atomic mass is 16.5. The van der Waals surface area contributed by atoms with Gasteiger partial charge in [0, 0.05) is 0 Å². The van der Waals surface area contributed by atoms with Gasteiger partial charge in [-0.1, -0.05) is 47.6 Å². The van der Waals surface area contributed by atoms with Crippen molar-refractivity contribution in [2.24, 2.45) is 0 Å². The largest absolute Gasteiger partial charge is 0.361 e. The molecule has 2 aromatic carbocycles. The van der Waals surface area contributed by atoms with Gasteiger partial charge in [0.25, 0.3) is 11.8 Å². The van der Waals surface area contributed by atoms with E-state index in [-0.39, 0.29) is 17.9 Å². The van der Waals surface area contributed by atoms with Crippen LogP contribution in [-0.2, 0) is 0 Å². The number of nitrogens with one attached hydrogen (secondary N) is 2. The van der Waals surface area contributed by atoms with Crippen LogP contribution in [0.15, 0.2) is 59.1 Å². The number of aryl methyl sites for hydroxylation is 2. The van der Waals surface area contributed by atoms with Crippen molar-refractivity contribution in [3.05, 3.63) is 82.7 Å². The van der Waals surface area contributed by atoms with Crippen molar-refractivity contribution in [2.75, 3.05) is 5.32 Å². The number of carbonyl (C=O) groups is 2. The Morgan fingerprint density at radius 3 is 2.30 bits per heavy atom. The molecule has 138 valence electrons. The standard InChI is InChI=1S/C21H21N3O3/c1-13(16-9-5-4-6-10-16)22-20(25)17-11-7-8-12-18(17)23-21(26)19-14(2)24-27-15(19)3/h4-13H,1-3H3,(H,22,25)(H,23,26). The summed E-state index contributed by atoms with van der Waals surface area (Å²) < 4.78 is 5.04. The van der Waals surface area contributed by atoms with Gasteiger partial charge in [-0.3, -0.25) is 9.59 Å². The highest BCUT2D eigenvalue weighted by Crippen LogP contribution is 2.20. The maximum absolute atomic E-state index is 12.8. The van der Waals surface area contributed by atoms with Crippen LogP contribution in [0.1, 0.15) is 50.7 Å². The molecule has 2 amide bonds. The first kappa shape index (κ1) is 18.4. The molecule has 6 nitrogen and oxygen atoms in total. The number of benzene rings is 2. The van der Waals surface area contributed by atoms with Gasteiger partial charge in [0.1, 0.15) is 11.3 Å². The monoisotopic (exact) mass is 363 g/mol. The SMILES string of the molecule is Cc1noc(C)c1C(=O)Nc1ccccc1C(=O)NC(C)c1ccccc1. The number of aromatic nitrogens is 1. The van der Waals surface area contributed by atoms with Crippen molar-refractivity contribution in [3.8, 4) is 0 Å². The van der Waals surface area contributed by atoms with Gasteiger partial charge in [-0.15, -0.1) is 0 Å². The maximum atomic E-state index is 12.8. The van der Waals surface area contributed by atoms with Crippen LogP contribution in [0.25, 0.3) is 0 Å². The molecule has 0 fully saturated rings. The Bertz CT molecular complexity index is 944. The van der Waals surface area contributed by atoms with Crippen LogP contribution in [0.4, 0.5) is 5.69 Å². The second-order valence-corrected chi connectivity index (χ2v) is 6.30. The number of para-hydroxylation sites is 1. The average molecular weight is 363 g/mol. The zero-order valence-corrected chi connectivity index (χ0v) is 15.4. The van der Waals surface area contributed by atoms with E-state index in [1.165, 1.54) is 0 Å². The predicted molar refractivity (Wildman–Crippen MR) is 103 cm³/mol. The number of rotatable bonds is 5. The average Bonchev–Trinajstić information content (AvgIpc) is 3.01. The van der Waals surface area contributed by atoms with Crippen molar-refractivity contribution in [3.63, 3.8) is 0 Å². The minimum absolute atomic E-state index is 0.162. The molecule has 3 rings (SSSR count). The summed E-state index contributed by atoms with van der Waals surface area (Å²) in [6.07, 6.45) is 0. The van der Waals surface area contributed by atoms with Crippen LogP contribution in [0, 0.1) is 13.8 Å². The zero-order chi connectivity index (χ0) is 19.4. The van der Waals surface area contributed by atoms with E-state index >= 15 is 0 Å². The molecule has 1 heterocycles. The van der Waals surface area contributed by atoms with E-state index in [0.717, 1.165) is 5.56 Å². The van der Waals surface area contributed by atoms with E-state index in [1.807, 2.05) is 37.3 Å². The third-order valence-corrected chi connectivity index (χ3v) is 4.33. The first-order valence-corrected chi connectivity index (χ1v) is 8.66.